The number of nitrogens with one attached hydrogen (secondary N) is 1. The smallest absolute Gasteiger partial charge is 0.207 e. The lowest BCUT2D eigenvalue weighted by Crippen LogP contribution is -2.51. The van der Waals surface area contributed by atoms with Gasteiger partial charge in [0, 0.05) is 10.9 Å². The zero-order valence-electron chi connectivity index (χ0n) is 11.1. The molecule has 0 unspecified atom stereocenters. The van der Waals surface area contributed by atoms with Crippen LogP contribution in [0.5, 0.6) is 0 Å². The number of hydrogen-bond acceptors (Lipinski definition) is 2. The van der Waals surface area contributed by atoms with Crippen LogP contribution in [0.4, 0.5) is 0 Å². The molecule has 0 radical (unpaired) electrons. The van der Waals surface area contributed by atoms with E-state index in [-0.39, 0.29) is 5.54 Å². The summed E-state index contributed by atoms with van der Waals surface area (Å²) in [5.41, 5.74) is -0.332. The van der Waals surface area contributed by atoms with Crippen LogP contribution >= 0.6 is 15.9 Å². The van der Waals surface area contributed by atoms with Gasteiger partial charge in [-0.3, -0.25) is 0 Å². The monoisotopic (exact) mass is 345 g/mol. The molecule has 19 heavy (non-hydrogen) atoms. The van der Waals surface area contributed by atoms with Gasteiger partial charge in [-0.2, -0.15) is 0 Å². The van der Waals surface area contributed by atoms with E-state index in [0.717, 1.165) is 25.7 Å². The summed E-state index contributed by atoms with van der Waals surface area (Å²) in [6.45, 7) is 2.23. The Morgan fingerprint density at radius 3 is 2.37 bits per heavy atom. The third kappa shape index (κ3) is 3.58. The summed E-state index contributed by atoms with van der Waals surface area (Å²) in [5, 5.41) is 0.665. The predicted octanol–water partition coefficient (Wildman–Crippen LogP) is 3.31. The molecule has 1 fully saturated rings. The Labute approximate surface area is 124 Å². The highest BCUT2D eigenvalue weighted by molar-refractivity contribution is 9.09. The van der Waals surface area contributed by atoms with Gasteiger partial charge in [-0.15, -0.1) is 0 Å². The van der Waals surface area contributed by atoms with Gasteiger partial charge < -0.3 is 0 Å². The summed E-state index contributed by atoms with van der Waals surface area (Å²) in [6, 6.07) is 8.59. The molecular weight excluding hydrogens is 326 g/mol. The summed E-state index contributed by atoms with van der Waals surface area (Å²) in [4.78, 5) is 0.342. The Kier molecular flexibility index (Phi) is 4.69. The average molecular weight is 346 g/mol. The summed E-state index contributed by atoms with van der Waals surface area (Å²) >= 11 is 3.49. The van der Waals surface area contributed by atoms with Crippen molar-refractivity contribution in [3.63, 3.8) is 0 Å². The van der Waals surface area contributed by atoms with Crippen molar-refractivity contribution >= 4 is 26.0 Å². The molecule has 1 aromatic carbocycles. The number of halogens is 1. The standard InChI is InChI=1S/C14H20BrNO2S/c1-12-7-9-14(11-15,10-8-12)16-19(17,18)13-5-3-2-4-6-13/h2-6,12,16H,7-11H2,1H3. The first kappa shape index (κ1) is 15.0. The van der Waals surface area contributed by atoms with E-state index in [4.69, 9.17) is 0 Å². The molecule has 0 atom stereocenters. The van der Waals surface area contributed by atoms with E-state index in [1.807, 2.05) is 6.07 Å². The van der Waals surface area contributed by atoms with Crippen LogP contribution in [0.25, 0.3) is 0 Å². The lowest BCUT2D eigenvalue weighted by atomic mass is 9.79. The van der Waals surface area contributed by atoms with Crippen molar-refractivity contribution in [2.75, 3.05) is 5.33 Å². The maximum atomic E-state index is 12.4. The number of alkyl halides is 1. The fourth-order valence-electron chi connectivity index (χ4n) is 2.52. The number of benzene rings is 1. The van der Waals surface area contributed by atoms with Crippen LogP contribution in [0.1, 0.15) is 32.6 Å². The quantitative estimate of drug-likeness (QED) is 0.851. The van der Waals surface area contributed by atoms with Crippen LogP contribution in [0.3, 0.4) is 0 Å². The van der Waals surface area contributed by atoms with Crippen LogP contribution < -0.4 is 4.72 Å². The Hall–Kier alpha value is -0.390. The highest BCUT2D eigenvalue weighted by Gasteiger charge is 2.37. The molecule has 0 aliphatic heterocycles. The third-order valence-electron chi connectivity index (χ3n) is 3.89. The van der Waals surface area contributed by atoms with E-state index in [1.165, 1.54) is 0 Å². The maximum Gasteiger partial charge on any atom is 0.241 e. The number of sulfonamides is 1. The first-order chi connectivity index (χ1) is 8.97. The van der Waals surface area contributed by atoms with E-state index >= 15 is 0 Å². The largest absolute Gasteiger partial charge is 0.241 e. The van der Waals surface area contributed by atoms with Gasteiger partial charge in [0.2, 0.25) is 10.0 Å². The van der Waals surface area contributed by atoms with Crippen molar-refractivity contribution < 1.29 is 8.42 Å². The van der Waals surface area contributed by atoms with E-state index in [0.29, 0.717) is 16.1 Å². The summed E-state index contributed by atoms with van der Waals surface area (Å²) < 4.78 is 27.7. The highest BCUT2D eigenvalue weighted by Crippen LogP contribution is 2.34. The van der Waals surface area contributed by atoms with Crippen molar-refractivity contribution in [3.8, 4) is 0 Å². The molecule has 1 saturated carbocycles. The Balaban J connectivity index is 2.19. The van der Waals surface area contributed by atoms with Crippen LogP contribution in [0.15, 0.2) is 35.2 Å². The number of rotatable bonds is 4. The van der Waals surface area contributed by atoms with E-state index in [2.05, 4.69) is 27.6 Å². The molecule has 106 valence electrons. The second kappa shape index (κ2) is 5.94. The minimum absolute atomic E-state index is 0.332. The first-order valence-corrected chi connectivity index (χ1v) is 9.23. The SMILES string of the molecule is CC1CCC(CBr)(NS(=O)(=O)c2ccccc2)CC1. The number of hydrogen-bond donors (Lipinski definition) is 1. The van der Waals surface area contributed by atoms with Gasteiger partial charge in [0.25, 0.3) is 0 Å². The molecule has 0 saturated heterocycles. The van der Waals surface area contributed by atoms with Gasteiger partial charge in [-0.05, 0) is 43.7 Å². The van der Waals surface area contributed by atoms with Crippen molar-refractivity contribution in [1.82, 2.24) is 4.72 Å². The minimum atomic E-state index is -3.43. The lowest BCUT2D eigenvalue weighted by Gasteiger charge is -2.38. The molecule has 5 heteroatoms. The molecule has 0 aromatic heterocycles. The van der Waals surface area contributed by atoms with Crippen LogP contribution in [0.2, 0.25) is 0 Å². The fraction of sp³-hybridized carbons (Fsp3) is 0.571. The molecule has 0 spiro atoms. The van der Waals surface area contributed by atoms with Gasteiger partial charge in [-0.25, -0.2) is 13.1 Å². The van der Waals surface area contributed by atoms with E-state index < -0.39 is 10.0 Å². The fourth-order valence-corrected chi connectivity index (χ4v) is 4.89. The molecule has 0 amide bonds. The van der Waals surface area contributed by atoms with Crippen molar-refractivity contribution in [2.24, 2.45) is 5.92 Å². The normalized spacial score (nSPS) is 28.2. The lowest BCUT2D eigenvalue weighted by molar-refractivity contribution is 0.250. The predicted molar refractivity (Wildman–Crippen MR) is 80.9 cm³/mol. The maximum absolute atomic E-state index is 12.4. The Bertz CT molecular complexity index is 508. The molecule has 3 nitrogen and oxygen atoms in total. The summed E-state index contributed by atoms with van der Waals surface area (Å²) in [6.07, 6.45) is 3.93. The van der Waals surface area contributed by atoms with Gasteiger partial charge >= 0.3 is 0 Å². The molecule has 1 aromatic rings. The zero-order valence-corrected chi connectivity index (χ0v) is 13.5. The van der Waals surface area contributed by atoms with Crippen molar-refractivity contribution in [1.29, 1.82) is 0 Å². The van der Waals surface area contributed by atoms with E-state index in [1.54, 1.807) is 24.3 Å². The third-order valence-corrected chi connectivity index (χ3v) is 6.56. The molecular formula is C14H20BrNO2S. The molecule has 0 bridgehead atoms. The topological polar surface area (TPSA) is 46.2 Å². The Morgan fingerprint density at radius 1 is 1.26 bits per heavy atom. The summed E-state index contributed by atoms with van der Waals surface area (Å²) in [5.74, 6) is 0.688. The zero-order chi connectivity index (χ0) is 13.9. The second-order valence-corrected chi connectivity index (χ2v) is 7.76. The molecule has 1 N–H and O–H groups in total. The molecule has 0 heterocycles. The second-order valence-electron chi connectivity index (χ2n) is 5.52. The van der Waals surface area contributed by atoms with Gasteiger partial charge in [0.15, 0.2) is 0 Å². The average Bonchev–Trinajstić information content (AvgIpc) is 2.42. The van der Waals surface area contributed by atoms with Gasteiger partial charge in [0.1, 0.15) is 0 Å². The van der Waals surface area contributed by atoms with E-state index in [9.17, 15) is 8.42 Å². The highest BCUT2D eigenvalue weighted by atomic mass is 79.9. The summed E-state index contributed by atoms with van der Waals surface area (Å²) in [7, 11) is -3.43. The van der Waals surface area contributed by atoms with Crippen molar-refractivity contribution in [3.05, 3.63) is 30.3 Å². The first-order valence-electron chi connectivity index (χ1n) is 6.62. The van der Waals surface area contributed by atoms with Crippen molar-refractivity contribution in [2.45, 2.75) is 43.0 Å². The van der Waals surface area contributed by atoms with Gasteiger partial charge in [0.05, 0.1) is 4.90 Å². The van der Waals surface area contributed by atoms with Crippen LogP contribution in [-0.4, -0.2) is 19.3 Å². The van der Waals surface area contributed by atoms with Crippen LogP contribution in [-0.2, 0) is 10.0 Å². The Morgan fingerprint density at radius 2 is 1.84 bits per heavy atom. The van der Waals surface area contributed by atoms with Crippen LogP contribution in [0, 0.1) is 5.92 Å². The molecule has 2 rings (SSSR count). The minimum Gasteiger partial charge on any atom is -0.207 e. The molecule has 1 aliphatic rings. The van der Waals surface area contributed by atoms with Gasteiger partial charge in [-0.1, -0.05) is 41.1 Å². The molecule has 1 aliphatic carbocycles.